The summed E-state index contributed by atoms with van der Waals surface area (Å²) in [6.07, 6.45) is 0. The maximum Gasteiger partial charge on any atom is 1.00 e. The molecular formula is H5NaO6P3+3. The molecule has 0 aromatic rings. The monoisotopic (exact) mass is 217 g/mol. The molecule has 0 bridgehead atoms. The van der Waals surface area contributed by atoms with Crippen molar-refractivity contribution >= 4 is 26.1 Å². The molecular weight excluding hydrogens is 212 g/mol. The van der Waals surface area contributed by atoms with Gasteiger partial charge < -0.3 is 14.7 Å². The standard InChI is InChI=1S/Na.3HO2P/c;3*1-3-2/h;3*(H,1,2)/q+1;;;/p+2. The molecule has 0 aliphatic rings. The van der Waals surface area contributed by atoms with E-state index in [2.05, 4.69) is 0 Å². The molecule has 0 aromatic heterocycles. The second-order valence-electron chi connectivity index (χ2n) is 0.245. The van der Waals surface area contributed by atoms with E-state index in [-0.39, 0.29) is 32.4 Å². The second kappa shape index (κ2) is 49.1. The van der Waals surface area contributed by atoms with Crippen molar-refractivity contribution < 1.29 is 60.8 Å². The SMILES string of the molecule is O=PO.O=PO.O=PO.[H+].[H+].[Na+]. The van der Waals surface area contributed by atoms with E-state index in [1.165, 1.54) is 0 Å². The first-order valence-electron chi connectivity index (χ1n) is 1.15. The molecule has 54 valence electrons. The molecule has 10 heavy (non-hydrogen) atoms. The van der Waals surface area contributed by atoms with Crippen LogP contribution in [0.5, 0.6) is 0 Å². The van der Waals surface area contributed by atoms with Gasteiger partial charge in [-0.15, -0.1) is 0 Å². The Morgan fingerprint density at radius 1 is 0.800 bits per heavy atom. The molecule has 10 heteroatoms. The normalized spacial score (nSPS) is 6.30. The largest absolute Gasteiger partial charge is 1.00 e. The van der Waals surface area contributed by atoms with Crippen LogP contribution in [0.3, 0.4) is 0 Å². The Balaban J connectivity index is -0.00000001000. The van der Waals surface area contributed by atoms with E-state index < -0.39 is 26.1 Å². The van der Waals surface area contributed by atoms with Gasteiger partial charge in [0.15, 0.2) is 0 Å². The number of hydrogen-bond donors (Lipinski definition) is 3. The van der Waals surface area contributed by atoms with Crippen LogP contribution in [0.15, 0.2) is 0 Å². The van der Waals surface area contributed by atoms with E-state index in [4.69, 9.17) is 28.4 Å². The summed E-state index contributed by atoms with van der Waals surface area (Å²) in [6, 6.07) is 0. The minimum Gasteiger partial charge on any atom is -0.310 e. The Bertz CT molecular complexity index is 57.5. The van der Waals surface area contributed by atoms with E-state index in [0.717, 1.165) is 0 Å². The van der Waals surface area contributed by atoms with Gasteiger partial charge in [-0.05, 0) is 0 Å². The minimum absolute atomic E-state index is 0. The molecule has 6 nitrogen and oxygen atoms in total. The maximum absolute atomic E-state index is 8.46. The topological polar surface area (TPSA) is 112 Å². The van der Waals surface area contributed by atoms with Gasteiger partial charge >= 0.3 is 58.5 Å². The van der Waals surface area contributed by atoms with Crippen LogP contribution in [0.2, 0.25) is 0 Å². The van der Waals surface area contributed by atoms with Gasteiger partial charge in [-0.2, -0.15) is 0 Å². The predicted molar refractivity (Wildman–Crippen MR) is 31.7 cm³/mol. The van der Waals surface area contributed by atoms with Crippen LogP contribution in [0.4, 0.5) is 0 Å². The van der Waals surface area contributed by atoms with Crippen LogP contribution in [-0.2, 0) is 13.7 Å². The summed E-state index contributed by atoms with van der Waals surface area (Å²) in [6.45, 7) is 0. The first-order valence-corrected chi connectivity index (χ1v) is 3.44. The summed E-state index contributed by atoms with van der Waals surface area (Å²) in [5.41, 5.74) is 0. The average Bonchev–Trinajstić information content (AvgIpc) is 1.70. The predicted octanol–water partition coefficient (Wildman–Crippen LogP) is -2.21. The molecule has 0 saturated heterocycles. The summed E-state index contributed by atoms with van der Waals surface area (Å²) in [7, 11) is -2.50. The van der Waals surface area contributed by atoms with Crippen LogP contribution < -0.4 is 29.6 Å². The maximum atomic E-state index is 8.46. The third-order valence-electron chi connectivity index (χ3n) is 0. The molecule has 0 aliphatic carbocycles. The smallest absolute Gasteiger partial charge is 0.310 e. The molecule has 0 rings (SSSR count). The zero-order valence-electron chi connectivity index (χ0n) is 6.91. The van der Waals surface area contributed by atoms with Crippen LogP contribution in [-0.4, -0.2) is 14.7 Å². The van der Waals surface area contributed by atoms with Gasteiger partial charge in [-0.1, -0.05) is 0 Å². The summed E-state index contributed by atoms with van der Waals surface area (Å²) < 4.78 is 25.4. The Labute approximate surface area is 86.8 Å². The van der Waals surface area contributed by atoms with Gasteiger partial charge in [0.25, 0.3) is 0 Å². The Hall–Kier alpha value is 1.18. The molecule has 0 spiro atoms. The van der Waals surface area contributed by atoms with E-state index in [9.17, 15) is 0 Å². The van der Waals surface area contributed by atoms with Gasteiger partial charge in [0.1, 0.15) is 0 Å². The van der Waals surface area contributed by atoms with Crippen molar-refractivity contribution in [1.82, 2.24) is 0 Å². The van der Waals surface area contributed by atoms with Crippen LogP contribution >= 0.6 is 26.1 Å². The van der Waals surface area contributed by atoms with Crippen LogP contribution in [0.1, 0.15) is 2.85 Å². The van der Waals surface area contributed by atoms with Crippen molar-refractivity contribution in [3.05, 3.63) is 0 Å². The molecule has 0 aliphatic heterocycles. The Morgan fingerprint density at radius 3 is 0.800 bits per heavy atom. The van der Waals surface area contributed by atoms with Crippen molar-refractivity contribution in [3.63, 3.8) is 0 Å². The van der Waals surface area contributed by atoms with Gasteiger partial charge in [-0.3, -0.25) is 0 Å². The zero-order valence-corrected chi connectivity index (χ0v) is 9.59. The van der Waals surface area contributed by atoms with Crippen LogP contribution in [0, 0.1) is 0 Å². The fraction of sp³-hybridized carbons (Fsp3) is 0. The third kappa shape index (κ3) is 441. The third-order valence-corrected chi connectivity index (χ3v) is 0. The molecule has 0 fully saturated rings. The Kier molecular flexibility index (Phi) is 110. The average molecular weight is 217 g/mol. The van der Waals surface area contributed by atoms with Crippen molar-refractivity contribution in [2.24, 2.45) is 0 Å². The molecule has 0 heterocycles. The van der Waals surface area contributed by atoms with E-state index >= 15 is 0 Å². The number of rotatable bonds is 0. The Morgan fingerprint density at radius 2 is 0.800 bits per heavy atom. The van der Waals surface area contributed by atoms with Gasteiger partial charge in [0.05, 0.1) is 0 Å². The van der Waals surface area contributed by atoms with E-state index in [1.54, 1.807) is 0 Å². The van der Waals surface area contributed by atoms with E-state index in [0.29, 0.717) is 0 Å². The fourth-order valence-electron chi connectivity index (χ4n) is 0. The molecule has 0 unspecified atom stereocenters. The quantitative estimate of drug-likeness (QED) is 0.313. The summed E-state index contributed by atoms with van der Waals surface area (Å²) in [4.78, 5) is 21.0. The second-order valence-corrected chi connectivity index (χ2v) is 0.735. The first-order chi connectivity index (χ1) is 4.24. The zero-order chi connectivity index (χ0) is 8.12. The number of hydrogen-bond acceptors (Lipinski definition) is 3. The summed E-state index contributed by atoms with van der Waals surface area (Å²) >= 11 is 0. The summed E-state index contributed by atoms with van der Waals surface area (Å²) in [5, 5.41) is 0. The van der Waals surface area contributed by atoms with Gasteiger partial charge in [-0.25, -0.2) is 13.7 Å². The van der Waals surface area contributed by atoms with Crippen molar-refractivity contribution in [2.75, 3.05) is 0 Å². The van der Waals surface area contributed by atoms with Gasteiger partial charge in [0.2, 0.25) is 0 Å². The van der Waals surface area contributed by atoms with Crippen molar-refractivity contribution in [1.29, 1.82) is 0 Å². The molecule has 0 radical (unpaired) electrons. The molecule has 0 aromatic carbocycles. The first kappa shape index (κ1) is 22.5. The van der Waals surface area contributed by atoms with E-state index in [1.807, 2.05) is 0 Å². The minimum atomic E-state index is -0.833. The molecule has 0 saturated carbocycles. The van der Waals surface area contributed by atoms with Crippen molar-refractivity contribution in [3.8, 4) is 0 Å². The fourth-order valence-corrected chi connectivity index (χ4v) is 0. The van der Waals surface area contributed by atoms with Gasteiger partial charge in [0, 0.05) is 0 Å². The molecule has 3 N–H and O–H groups in total. The van der Waals surface area contributed by atoms with Crippen LogP contribution in [0.25, 0.3) is 0 Å². The molecule has 0 amide bonds. The summed E-state index contributed by atoms with van der Waals surface area (Å²) in [5.74, 6) is 0. The van der Waals surface area contributed by atoms with Crippen molar-refractivity contribution in [2.45, 2.75) is 0 Å². The molecule has 0 atom stereocenters.